The van der Waals surface area contributed by atoms with Gasteiger partial charge in [-0.15, -0.1) is 0 Å². The first-order valence-corrected chi connectivity index (χ1v) is 7.42. The van der Waals surface area contributed by atoms with E-state index in [2.05, 4.69) is 6.58 Å². The lowest BCUT2D eigenvalue weighted by Crippen LogP contribution is -2.49. The Morgan fingerprint density at radius 2 is 2.23 bits per heavy atom. The van der Waals surface area contributed by atoms with Gasteiger partial charge < -0.3 is 9.47 Å². The Kier molecular flexibility index (Phi) is 4.85. The molecule has 0 aromatic heterocycles. The minimum Gasteiger partial charge on any atom is -0.478 e. The summed E-state index contributed by atoms with van der Waals surface area (Å²) in [4.78, 5) is 25.9. The molecule has 0 saturated carbocycles. The van der Waals surface area contributed by atoms with Crippen LogP contribution in [0.4, 0.5) is 10.5 Å². The quantitative estimate of drug-likeness (QED) is 0.852. The van der Waals surface area contributed by atoms with Gasteiger partial charge >= 0.3 is 6.09 Å². The normalized spacial score (nSPS) is 17.0. The molecule has 1 unspecified atom stereocenters. The van der Waals surface area contributed by atoms with E-state index in [0.29, 0.717) is 17.9 Å². The highest BCUT2D eigenvalue weighted by Crippen LogP contribution is 2.38. The van der Waals surface area contributed by atoms with Crippen molar-refractivity contribution in [3.63, 3.8) is 0 Å². The molecule has 2 amide bonds. The molecule has 0 N–H and O–H groups in total. The second-order valence-electron chi connectivity index (χ2n) is 5.56. The third kappa shape index (κ3) is 2.98. The summed E-state index contributed by atoms with van der Waals surface area (Å²) in [6.45, 7) is 9.71. The molecule has 1 aromatic carbocycles. The number of carbonyl (C=O) groups excluding carboxylic acids is 2. The fraction of sp³-hybridized carbons (Fsp3) is 0.412. The van der Waals surface area contributed by atoms with E-state index < -0.39 is 18.1 Å². The molecule has 0 bridgehead atoms. The van der Waals surface area contributed by atoms with Crippen molar-refractivity contribution in [2.24, 2.45) is 5.92 Å². The fourth-order valence-corrected chi connectivity index (χ4v) is 2.21. The zero-order chi connectivity index (χ0) is 16.3. The molecule has 0 aliphatic carbocycles. The van der Waals surface area contributed by atoms with Gasteiger partial charge in [-0.05, 0) is 18.4 Å². The van der Waals surface area contributed by atoms with Crippen molar-refractivity contribution >= 4 is 23.8 Å². The molecule has 1 aromatic rings. The zero-order valence-corrected chi connectivity index (χ0v) is 13.2. The third-order valence-corrected chi connectivity index (χ3v) is 3.33. The van der Waals surface area contributed by atoms with Gasteiger partial charge in [-0.3, -0.25) is 4.79 Å². The van der Waals surface area contributed by atoms with Crippen LogP contribution in [0.2, 0.25) is 0 Å². The Labute approximate surface area is 130 Å². The average Bonchev–Trinajstić information content (AvgIpc) is 2.51. The van der Waals surface area contributed by atoms with E-state index in [1.54, 1.807) is 18.2 Å². The lowest BCUT2D eigenvalue weighted by molar-refractivity contribution is -0.126. The van der Waals surface area contributed by atoms with Crippen LogP contribution in [0, 0.1) is 5.92 Å². The highest BCUT2D eigenvalue weighted by atomic mass is 16.6. The second kappa shape index (κ2) is 6.64. The molecule has 0 saturated heterocycles. The Hall–Kier alpha value is -2.30. The molecular formula is C17H21NO4. The number of hydrogen-bond acceptors (Lipinski definition) is 4. The smallest absolute Gasteiger partial charge is 0.421 e. The van der Waals surface area contributed by atoms with Crippen LogP contribution in [0.5, 0.6) is 5.75 Å². The number of rotatable bonds is 4. The number of hydrogen-bond donors (Lipinski definition) is 0. The van der Waals surface area contributed by atoms with Gasteiger partial charge in [0.2, 0.25) is 0 Å². The Morgan fingerprint density at radius 1 is 1.50 bits per heavy atom. The van der Waals surface area contributed by atoms with Gasteiger partial charge in [-0.1, -0.05) is 45.6 Å². The molecule has 1 atom stereocenters. The Bertz CT molecular complexity index is 594. The summed E-state index contributed by atoms with van der Waals surface area (Å²) in [5.74, 6) is 0.288. The van der Waals surface area contributed by atoms with Crippen LogP contribution in [-0.4, -0.2) is 24.7 Å². The van der Waals surface area contributed by atoms with Gasteiger partial charge in [0.25, 0.3) is 5.91 Å². The SMILES string of the molecule is C=Cc1cccc2c1OC(CC)C(=O)N2C(=O)OCC(C)C. The molecule has 22 heavy (non-hydrogen) atoms. The molecular weight excluding hydrogens is 282 g/mol. The number of nitrogens with zero attached hydrogens (tertiary/aromatic N) is 1. The molecule has 5 nitrogen and oxygen atoms in total. The van der Waals surface area contributed by atoms with Gasteiger partial charge in [-0.2, -0.15) is 0 Å². The van der Waals surface area contributed by atoms with E-state index >= 15 is 0 Å². The molecule has 2 rings (SSSR count). The number of amides is 2. The molecule has 1 heterocycles. The summed E-state index contributed by atoms with van der Waals surface area (Å²) >= 11 is 0. The summed E-state index contributed by atoms with van der Waals surface area (Å²) < 4.78 is 11.0. The molecule has 0 spiro atoms. The number of anilines is 1. The molecule has 5 heteroatoms. The first kappa shape index (κ1) is 16.1. The monoisotopic (exact) mass is 303 g/mol. The minimum absolute atomic E-state index is 0.195. The lowest BCUT2D eigenvalue weighted by atomic mass is 10.1. The van der Waals surface area contributed by atoms with Crippen molar-refractivity contribution < 1.29 is 19.1 Å². The average molecular weight is 303 g/mol. The number of imide groups is 1. The van der Waals surface area contributed by atoms with Crippen LogP contribution >= 0.6 is 0 Å². The van der Waals surface area contributed by atoms with Crippen molar-refractivity contribution in [1.29, 1.82) is 0 Å². The standard InChI is InChI=1S/C17H21NO4/c1-5-12-8-7-9-13-15(12)22-14(6-2)16(19)18(13)17(20)21-10-11(3)4/h5,7-9,11,14H,1,6,10H2,2-4H3. The van der Waals surface area contributed by atoms with Crippen molar-refractivity contribution in [3.8, 4) is 5.75 Å². The molecule has 1 aliphatic rings. The number of benzene rings is 1. The first-order chi connectivity index (χ1) is 10.5. The Balaban J connectivity index is 2.42. The number of carbonyl (C=O) groups is 2. The maximum Gasteiger partial charge on any atom is 0.421 e. The molecule has 118 valence electrons. The lowest BCUT2D eigenvalue weighted by Gasteiger charge is -2.33. The summed E-state index contributed by atoms with van der Waals surface area (Å²) in [7, 11) is 0. The van der Waals surface area contributed by atoms with E-state index in [9.17, 15) is 9.59 Å². The van der Waals surface area contributed by atoms with E-state index in [1.807, 2.05) is 26.8 Å². The summed E-state index contributed by atoms with van der Waals surface area (Å²) in [6.07, 6.45) is 0.750. The summed E-state index contributed by atoms with van der Waals surface area (Å²) in [5.41, 5.74) is 1.14. The van der Waals surface area contributed by atoms with Crippen molar-refractivity contribution in [2.75, 3.05) is 11.5 Å². The molecule has 0 fully saturated rings. The van der Waals surface area contributed by atoms with Crippen molar-refractivity contribution in [2.45, 2.75) is 33.3 Å². The van der Waals surface area contributed by atoms with Crippen molar-refractivity contribution in [1.82, 2.24) is 0 Å². The van der Waals surface area contributed by atoms with E-state index in [1.165, 1.54) is 0 Å². The largest absolute Gasteiger partial charge is 0.478 e. The van der Waals surface area contributed by atoms with Crippen LogP contribution in [0.15, 0.2) is 24.8 Å². The third-order valence-electron chi connectivity index (χ3n) is 3.33. The number of ether oxygens (including phenoxy) is 2. The highest BCUT2D eigenvalue weighted by Gasteiger charge is 2.39. The van der Waals surface area contributed by atoms with Gasteiger partial charge in [-0.25, -0.2) is 9.69 Å². The predicted molar refractivity (Wildman–Crippen MR) is 84.9 cm³/mol. The second-order valence-corrected chi connectivity index (χ2v) is 5.56. The summed E-state index contributed by atoms with van der Waals surface area (Å²) in [6, 6.07) is 5.25. The van der Waals surface area contributed by atoms with Crippen LogP contribution in [0.3, 0.4) is 0 Å². The maximum absolute atomic E-state index is 12.5. The van der Waals surface area contributed by atoms with E-state index in [-0.39, 0.29) is 12.5 Å². The van der Waals surface area contributed by atoms with Gasteiger partial charge in [0.15, 0.2) is 11.9 Å². The first-order valence-electron chi connectivity index (χ1n) is 7.42. The van der Waals surface area contributed by atoms with Crippen LogP contribution in [-0.2, 0) is 9.53 Å². The topological polar surface area (TPSA) is 55.8 Å². The van der Waals surface area contributed by atoms with Crippen molar-refractivity contribution in [3.05, 3.63) is 30.3 Å². The van der Waals surface area contributed by atoms with Gasteiger partial charge in [0.05, 0.1) is 12.3 Å². The Morgan fingerprint density at radius 3 is 2.82 bits per heavy atom. The predicted octanol–water partition coefficient (Wildman–Crippen LogP) is 3.63. The van der Waals surface area contributed by atoms with Gasteiger partial charge in [0, 0.05) is 5.56 Å². The van der Waals surface area contributed by atoms with E-state index in [4.69, 9.17) is 9.47 Å². The summed E-state index contributed by atoms with van der Waals surface area (Å²) in [5, 5.41) is 0. The molecule has 1 aliphatic heterocycles. The number of fused-ring (bicyclic) bond motifs is 1. The highest BCUT2D eigenvalue weighted by molar-refractivity contribution is 6.16. The van der Waals surface area contributed by atoms with Crippen LogP contribution in [0.1, 0.15) is 32.8 Å². The number of para-hydroxylation sites is 1. The fourth-order valence-electron chi connectivity index (χ4n) is 2.21. The zero-order valence-electron chi connectivity index (χ0n) is 13.2. The van der Waals surface area contributed by atoms with Gasteiger partial charge in [0.1, 0.15) is 0 Å². The minimum atomic E-state index is -0.694. The van der Waals surface area contributed by atoms with Crippen LogP contribution < -0.4 is 9.64 Å². The van der Waals surface area contributed by atoms with E-state index in [0.717, 1.165) is 10.5 Å². The maximum atomic E-state index is 12.5. The van der Waals surface area contributed by atoms with Crippen LogP contribution in [0.25, 0.3) is 6.08 Å². The molecule has 0 radical (unpaired) electrons.